The highest BCUT2D eigenvalue weighted by Crippen LogP contribution is 2.22. The topological polar surface area (TPSA) is 105 Å². The molecular weight excluding hydrogens is 344 g/mol. The molecule has 0 fully saturated rings. The van der Waals surface area contributed by atoms with Crippen LogP contribution < -0.4 is 16.4 Å². The molecule has 2 aromatic rings. The van der Waals surface area contributed by atoms with E-state index in [2.05, 4.69) is 10.6 Å². The molecule has 1 aliphatic heterocycles. The van der Waals surface area contributed by atoms with E-state index in [0.29, 0.717) is 19.5 Å². The third kappa shape index (κ3) is 4.92. The number of hydrogen-bond donors (Lipinski definition) is 3. The average molecular weight is 366 g/mol. The van der Waals surface area contributed by atoms with Crippen molar-refractivity contribution in [2.75, 3.05) is 6.54 Å². The molecule has 3 rings (SSSR count). The van der Waals surface area contributed by atoms with E-state index >= 15 is 0 Å². The van der Waals surface area contributed by atoms with Crippen molar-refractivity contribution in [2.45, 2.75) is 25.6 Å². The van der Waals surface area contributed by atoms with E-state index in [4.69, 9.17) is 5.73 Å². The van der Waals surface area contributed by atoms with Gasteiger partial charge in [0.25, 0.3) is 0 Å². The second-order valence-electron chi connectivity index (χ2n) is 6.51. The van der Waals surface area contributed by atoms with Gasteiger partial charge in [0, 0.05) is 13.1 Å². The van der Waals surface area contributed by atoms with Crippen LogP contribution in [0.4, 0.5) is 4.79 Å². The van der Waals surface area contributed by atoms with Gasteiger partial charge in [-0.2, -0.15) is 0 Å². The molecule has 2 aromatic carbocycles. The van der Waals surface area contributed by atoms with Crippen molar-refractivity contribution in [2.24, 2.45) is 5.73 Å². The van der Waals surface area contributed by atoms with Crippen molar-refractivity contribution in [3.05, 3.63) is 71.3 Å². The number of primary amides is 1. The van der Waals surface area contributed by atoms with Crippen LogP contribution in [0, 0.1) is 0 Å². The van der Waals surface area contributed by atoms with Crippen LogP contribution in [0.1, 0.15) is 16.7 Å². The van der Waals surface area contributed by atoms with Crippen LogP contribution in [-0.2, 0) is 29.1 Å². The fraction of sp³-hybridized carbons (Fsp3) is 0.250. The first-order chi connectivity index (χ1) is 13.0. The first kappa shape index (κ1) is 18.6. The lowest BCUT2D eigenvalue weighted by atomic mass is 9.93. The van der Waals surface area contributed by atoms with E-state index < -0.39 is 23.9 Å². The van der Waals surface area contributed by atoms with Gasteiger partial charge in [0.05, 0.1) is 12.6 Å². The van der Waals surface area contributed by atoms with E-state index in [0.717, 1.165) is 16.7 Å². The molecule has 0 bridgehead atoms. The van der Waals surface area contributed by atoms with Crippen LogP contribution in [0.3, 0.4) is 0 Å². The zero-order valence-corrected chi connectivity index (χ0v) is 14.9. The Hall–Kier alpha value is -3.19. The molecule has 0 saturated heterocycles. The Labute approximate surface area is 157 Å². The van der Waals surface area contributed by atoms with Gasteiger partial charge in [0.15, 0.2) is 0 Å². The Kier molecular flexibility index (Phi) is 5.83. The van der Waals surface area contributed by atoms with Crippen LogP contribution >= 0.6 is 0 Å². The molecule has 4 N–H and O–H groups in total. The molecule has 4 amide bonds. The molecule has 1 atom stereocenters. The molecule has 140 valence electrons. The van der Waals surface area contributed by atoms with Crippen molar-refractivity contribution in [1.82, 2.24) is 15.5 Å². The standard InChI is InChI=1S/C20H22N4O3/c21-19(26)17-10-15-8-4-5-9-16(15)12-24(17)13-18(25)23-20(27)22-11-14-6-2-1-3-7-14/h1-9,17H,10-13H2,(H2,21,26)(H2,22,23,25,27)/t17-/m0/s1. The lowest BCUT2D eigenvalue weighted by molar-refractivity contribution is -0.127. The normalized spacial score (nSPS) is 16.2. The molecular formula is C20H22N4O3. The van der Waals surface area contributed by atoms with Crippen LogP contribution in [0.15, 0.2) is 54.6 Å². The minimum atomic E-state index is -0.572. The summed E-state index contributed by atoms with van der Waals surface area (Å²) < 4.78 is 0. The van der Waals surface area contributed by atoms with Crippen LogP contribution in [0.2, 0.25) is 0 Å². The minimum Gasteiger partial charge on any atom is -0.368 e. The number of imide groups is 1. The Morgan fingerprint density at radius 1 is 1.00 bits per heavy atom. The fourth-order valence-corrected chi connectivity index (χ4v) is 3.20. The molecule has 1 aliphatic rings. The summed E-state index contributed by atoms with van der Waals surface area (Å²) >= 11 is 0. The fourth-order valence-electron chi connectivity index (χ4n) is 3.20. The lowest BCUT2D eigenvalue weighted by Crippen LogP contribution is -2.53. The third-order valence-electron chi connectivity index (χ3n) is 4.57. The van der Waals surface area contributed by atoms with Crippen molar-refractivity contribution in [3.8, 4) is 0 Å². The molecule has 1 heterocycles. The molecule has 0 saturated carbocycles. The summed E-state index contributed by atoms with van der Waals surface area (Å²) in [6.07, 6.45) is 0.457. The predicted octanol–water partition coefficient (Wildman–Crippen LogP) is 0.925. The van der Waals surface area contributed by atoms with Crippen molar-refractivity contribution >= 4 is 17.8 Å². The Bertz CT molecular complexity index is 838. The number of hydrogen-bond acceptors (Lipinski definition) is 4. The number of rotatable bonds is 5. The molecule has 7 heteroatoms. The van der Waals surface area contributed by atoms with Crippen molar-refractivity contribution < 1.29 is 14.4 Å². The van der Waals surface area contributed by atoms with Crippen molar-refractivity contribution in [3.63, 3.8) is 0 Å². The maximum atomic E-state index is 12.2. The minimum absolute atomic E-state index is 0.0826. The molecule has 0 radical (unpaired) electrons. The maximum absolute atomic E-state index is 12.2. The molecule has 7 nitrogen and oxygen atoms in total. The van der Waals surface area contributed by atoms with Crippen molar-refractivity contribution in [1.29, 1.82) is 0 Å². The number of amides is 4. The van der Waals surface area contributed by atoms with E-state index in [-0.39, 0.29) is 6.54 Å². The Morgan fingerprint density at radius 3 is 2.37 bits per heavy atom. The van der Waals surface area contributed by atoms with Gasteiger partial charge < -0.3 is 11.1 Å². The third-order valence-corrected chi connectivity index (χ3v) is 4.57. The number of carbonyl (C=O) groups excluding carboxylic acids is 3. The highest BCUT2D eigenvalue weighted by Gasteiger charge is 2.31. The largest absolute Gasteiger partial charge is 0.368 e. The molecule has 0 aromatic heterocycles. The number of nitrogens with two attached hydrogens (primary N) is 1. The lowest BCUT2D eigenvalue weighted by Gasteiger charge is -2.34. The van der Waals surface area contributed by atoms with Gasteiger partial charge in [-0.15, -0.1) is 0 Å². The Balaban J connectivity index is 1.56. The van der Waals surface area contributed by atoms with Gasteiger partial charge in [-0.1, -0.05) is 54.6 Å². The molecule has 27 heavy (non-hydrogen) atoms. The monoisotopic (exact) mass is 366 g/mol. The summed E-state index contributed by atoms with van der Waals surface area (Å²) in [7, 11) is 0. The van der Waals surface area contributed by atoms with Gasteiger partial charge in [-0.25, -0.2) is 4.79 Å². The molecule has 0 aliphatic carbocycles. The summed E-state index contributed by atoms with van der Waals surface area (Å²) in [5.74, 6) is -0.961. The van der Waals surface area contributed by atoms with Crippen LogP contribution in [-0.4, -0.2) is 35.3 Å². The zero-order chi connectivity index (χ0) is 19.2. The van der Waals surface area contributed by atoms with Gasteiger partial charge in [-0.05, 0) is 23.1 Å². The number of urea groups is 1. The second-order valence-corrected chi connectivity index (χ2v) is 6.51. The Morgan fingerprint density at radius 2 is 1.67 bits per heavy atom. The summed E-state index contributed by atoms with van der Waals surface area (Å²) in [5, 5.41) is 4.93. The van der Waals surface area contributed by atoms with E-state index in [1.807, 2.05) is 54.6 Å². The van der Waals surface area contributed by atoms with Gasteiger partial charge in [0.2, 0.25) is 11.8 Å². The van der Waals surface area contributed by atoms with E-state index in [1.54, 1.807) is 4.90 Å². The van der Waals surface area contributed by atoms with E-state index in [9.17, 15) is 14.4 Å². The average Bonchev–Trinajstić information content (AvgIpc) is 2.66. The zero-order valence-electron chi connectivity index (χ0n) is 14.9. The first-order valence-electron chi connectivity index (χ1n) is 8.74. The van der Waals surface area contributed by atoms with Crippen LogP contribution in [0.25, 0.3) is 0 Å². The molecule has 0 spiro atoms. The van der Waals surface area contributed by atoms with Gasteiger partial charge in [0.1, 0.15) is 0 Å². The number of benzene rings is 2. The summed E-state index contributed by atoms with van der Waals surface area (Å²) in [4.78, 5) is 37.7. The van der Waals surface area contributed by atoms with Gasteiger partial charge >= 0.3 is 6.03 Å². The predicted molar refractivity (Wildman–Crippen MR) is 100 cm³/mol. The maximum Gasteiger partial charge on any atom is 0.321 e. The van der Waals surface area contributed by atoms with E-state index in [1.165, 1.54) is 0 Å². The first-order valence-corrected chi connectivity index (χ1v) is 8.74. The number of fused-ring (bicyclic) bond motifs is 1. The summed E-state index contributed by atoms with van der Waals surface area (Å²) in [5.41, 5.74) is 8.55. The quantitative estimate of drug-likeness (QED) is 0.732. The smallest absolute Gasteiger partial charge is 0.321 e. The highest BCUT2D eigenvalue weighted by molar-refractivity contribution is 5.95. The molecule has 0 unspecified atom stereocenters. The van der Waals surface area contributed by atoms with Gasteiger partial charge in [-0.3, -0.25) is 19.8 Å². The summed E-state index contributed by atoms with van der Waals surface area (Å²) in [6, 6.07) is 16.0. The van der Waals surface area contributed by atoms with Crippen LogP contribution in [0.5, 0.6) is 0 Å². The number of carbonyl (C=O) groups is 3. The number of nitrogens with one attached hydrogen (secondary N) is 2. The SMILES string of the molecule is NC(=O)[C@@H]1Cc2ccccc2CN1CC(=O)NC(=O)NCc1ccccc1. The second kappa shape index (κ2) is 8.46. The summed E-state index contributed by atoms with van der Waals surface area (Å²) in [6.45, 7) is 0.671. The number of nitrogens with zero attached hydrogens (tertiary/aromatic N) is 1. The highest BCUT2D eigenvalue weighted by atomic mass is 16.2.